The van der Waals surface area contributed by atoms with Gasteiger partial charge in [0.05, 0.1) is 18.7 Å². The molecule has 32 heavy (non-hydrogen) atoms. The first-order chi connectivity index (χ1) is 15.5. The minimum absolute atomic E-state index is 0.0163. The molecule has 0 unspecified atom stereocenters. The number of fused-ring (bicyclic) bond motifs is 1. The van der Waals surface area contributed by atoms with Gasteiger partial charge in [-0.2, -0.15) is 0 Å². The van der Waals surface area contributed by atoms with Crippen LogP contribution in [-0.4, -0.2) is 42.6 Å². The van der Waals surface area contributed by atoms with E-state index in [9.17, 15) is 19.2 Å². The zero-order valence-corrected chi connectivity index (χ0v) is 17.4. The van der Waals surface area contributed by atoms with E-state index in [4.69, 9.17) is 9.47 Å². The lowest BCUT2D eigenvalue weighted by Gasteiger charge is -2.27. The maximum absolute atomic E-state index is 13.2. The van der Waals surface area contributed by atoms with Gasteiger partial charge in [-0.15, -0.1) is 0 Å². The molecule has 1 fully saturated rings. The SMILES string of the molecule is CC(=O)Oc1c(NC=O)c(=O)n(Cc2ccc(N3CCOCC3=O)cc2)c2ccccc12. The number of hydrogen-bond acceptors (Lipinski definition) is 6. The van der Waals surface area contributed by atoms with Crippen molar-refractivity contribution in [1.82, 2.24) is 4.57 Å². The summed E-state index contributed by atoms with van der Waals surface area (Å²) in [6, 6.07) is 14.3. The van der Waals surface area contributed by atoms with Gasteiger partial charge in [-0.05, 0) is 29.8 Å². The number of pyridine rings is 1. The standard InChI is InChI=1S/C23H21N3O6/c1-15(28)32-22-18-4-2-3-5-19(18)26(23(30)21(22)24-14-27)12-16-6-8-17(9-7-16)25-10-11-31-13-20(25)29/h2-9,14H,10-13H2,1H3,(H,24,27). The zero-order chi connectivity index (χ0) is 22.7. The Kier molecular flexibility index (Phi) is 6.00. The number of carbonyl (C=O) groups is 3. The van der Waals surface area contributed by atoms with Crippen LogP contribution in [0, 0.1) is 0 Å². The fourth-order valence-corrected chi connectivity index (χ4v) is 3.72. The summed E-state index contributed by atoms with van der Waals surface area (Å²) in [4.78, 5) is 49.7. The molecular weight excluding hydrogens is 414 g/mol. The number of ether oxygens (including phenoxy) is 2. The maximum Gasteiger partial charge on any atom is 0.308 e. The van der Waals surface area contributed by atoms with E-state index < -0.39 is 11.5 Å². The van der Waals surface area contributed by atoms with E-state index in [-0.39, 0.29) is 30.5 Å². The van der Waals surface area contributed by atoms with E-state index >= 15 is 0 Å². The van der Waals surface area contributed by atoms with Crippen molar-refractivity contribution in [1.29, 1.82) is 0 Å². The largest absolute Gasteiger partial charge is 0.424 e. The van der Waals surface area contributed by atoms with E-state index in [1.165, 1.54) is 11.5 Å². The topological polar surface area (TPSA) is 107 Å². The van der Waals surface area contributed by atoms with Gasteiger partial charge in [0.1, 0.15) is 6.61 Å². The third-order valence-electron chi connectivity index (χ3n) is 5.15. The average molecular weight is 435 g/mol. The molecule has 0 atom stereocenters. The average Bonchev–Trinajstić information content (AvgIpc) is 2.79. The monoisotopic (exact) mass is 435 g/mol. The highest BCUT2D eigenvalue weighted by molar-refractivity contribution is 5.96. The second-order valence-corrected chi connectivity index (χ2v) is 7.23. The Morgan fingerprint density at radius 3 is 2.59 bits per heavy atom. The Hall–Kier alpha value is -3.98. The highest BCUT2D eigenvalue weighted by Gasteiger charge is 2.21. The minimum atomic E-state index is -0.602. The molecule has 4 rings (SSSR count). The Morgan fingerprint density at radius 2 is 1.91 bits per heavy atom. The Balaban J connectivity index is 1.75. The molecule has 1 N–H and O–H groups in total. The lowest BCUT2D eigenvalue weighted by molar-refractivity contribution is -0.131. The van der Waals surface area contributed by atoms with Crippen molar-refractivity contribution >= 4 is 40.6 Å². The molecule has 2 amide bonds. The lowest BCUT2D eigenvalue weighted by Crippen LogP contribution is -2.41. The first-order valence-electron chi connectivity index (χ1n) is 10.0. The molecule has 1 aliphatic rings. The van der Waals surface area contributed by atoms with Gasteiger partial charge < -0.3 is 24.3 Å². The normalized spacial score (nSPS) is 13.8. The molecule has 2 aromatic carbocycles. The van der Waals surface area contributed by atoms with Crippen LogP contribution >= 0.6 is 0 Å². The number of aromatic nitrogens is 1. The van der Waals surface area contributed by atoms with Crippen LogP contribution in [0.3, 0.4) is 0 Å². The molecular formula is C23H21N3O6. The number of para-hydroxylation sites is 1. The summed E-state index contributed by atoms with van der Waals surface area (Å²) < 4.78 is 11.9. The number of amides is 2. The van der Waals surface area contributed by atoms with E-state index in [1.54, 1.807) is 29.2 Å². The number of hydrogen-bond donors (Lipinski definition) is 1. The van der Waals surface area contributed by atoms with Crippen molar-refractivity contribution in [2.24, 2.45) is 0 Å². The lowest BCUT2D eigenvalue weighted by atomic mass is 10.1. The van der Waals surface area contributed by atoms with Gasteiger partial charge in [0, 0.05) is 24.5 Å². The molecule has 9 nitrogen and oxygen atoms in total. The van der Waals surface area contributed by atoms with Gasteiger partial charge in [0.25, 0.3) is 11.5 Å². The highest BCUT2D eigenvalue weighted by atomic mass is 16.5. The second kappa shape index (κ2) is 9.03. The molecule has 3 aromatic rings. The first kappa shape index (κ1) is 21.3. The second-order valence-electron chi connectivity index (χ2n) is 7.23. The van der Waals surface area contributed by atoms with Crippen LogP contribution in [0.15, 0.2) is 53.3 Å². The number of nitrogens with one attached hydrogen (secondary N) is 1. The molecule has 2 heterocycles. The molecule has 1 saturated heterocycles. The summed E-state index contributed by atoms with van der Waals surface area (Å²) in [5, 5.41) is 2.89. The molecule has 0 spiro atoms. The minimum Gasteiger partial charge on any atom is -0.424 e. The van der Waals surface area contributed by atoms with Crippen molar-refractivity contribution in [2.75, 3.05) is 30.0 Å². The van der Waals surface area contributed by atoms with Crippen molar-refractivity contribution < 1.29 is 23.9 Å². The van der Waals surface area contributed by atoms with Crippen LogP contribution in [0.25, 0.3) is 10.9 Å². The number of nitrogens with zero attached hydrogens (tertiary/aromatic N) is 2. The molecule has 1 aliphatic heterocycles. The highest BCUT2D eigenvalue weighted by Crippen LogP contribution is 2.31. The summed E-state index contributed by atoms with van der Waals surface area (Å²) in [6.07, 6.45) is 0.372. The number of morpholine rings is 1. The predicted octanol–water partition coefficient (Wildman–Crippen LogP) is 1.91. The van der Waals surface area contributed by atoms with Crippen LogP contribution in [0.4, 0.5) is 11.4 Å². The molecule has 164 valence electrons. The number of esters is 1. The zero-order valence-electron chi connectivity index (χ0n) is 17.4. The van der Waals surface area contributed by atoms with Crippen LogP contribution in [0.2, 0.25) is 0 Å². The van der Waals surface area contributed by atoms with Crippen LogP contribution < -0.4 is 20.5 Å². The summed E-state index contributed by atoms with van der Waals surface area (Å²) >= 11 is 0. The first-order valence-corrected chi connectivity index (χ1v) is 10.0. The molecule has 0 aliphatic carbocycles. The van der Waals surface area contributed by atoms with Crippen molar-refractivity contribution in [3.05, 3.63) is 64.4 Å². The number of rotatable bonds is 6. The van der Waals surface area contributed by atoms with E-state index in [0.717, 1.165) is 11.3 Å². The quantitative estimate of drug-likeness (QED) is 0.468. The van der Waals surface area contributed by atoms with Crippen LogP contribution in [0.5, 0.6) is 5.75 Å². The van der Waals surface area contributed by atoms with Crippen molar-refractivity contribution in [3.63, 3.8) is 0 Å². The maximum atomic E-state index is 13.2. The van der Waals surface area contributed by atoms with Gasteiger partial charge in [-0.3, -0.25) is 19.2 Å². The summed E-state index contributed by atoms with van der Waals surface area (Å²) in [7, 11) is 0. The van der Waals surface area contributed by atoms with Gasteiger partial charge in [-0.1, -0.05) is 24.3 Å². The molecule has 9 heteroatoms. The Bertz CT molecular complexity index is 1250. The third kappa shape index (κ3) is 4.10. The van der Waals surface area contributed by atoms with Gasteiger partial charge in [0.15, 0.2) is 11.4 Å². The Labute approximate surface area is 183 Å². The number of anilines is 2. The number of benzene rings is 2. The fraction of sp³-hybridized carbons (Fsp3) is 0.217. The Morgan fingerprint density at radius 1 is 1.16 bits per heavy atom. The molecule has 0 saturated carbocycles. The summed E-state index contributed by atoms with van der Waals surface area (Å²) in [5.74, 6) is -0.686. The molecule has 1 aromatic heterocycles. The van der Waals surface area contributed by atoms with Gasteiger partial charge in [-0.25, -0.2) is 0 Å². The fourth-order valence-electron chi connectivity index (χ4n) is 3.72. The molecule has 0 radical (unpaired) electrons. The van der Waals surface area contributed by atoms with Crippen LogP contribution in [-0.2, 0) is 25.7 Å². The van der Waals surface area contributed by atoms with Gasteiger partial charge in [0.2, 0.25) is 6.41 Å². The van der Waals surface area contributed by atoms with E-state index in [0.29, 0.717) is 30.5 Å². The van der Waals surface area contributed by atoms with Crippen molar-refractivity contribution in [3.8, 4) is 5.75 Å². The number of carbonyl (C=O) groups excluding carboxylic acids is 3. The van der Waals surface area contributed by atoms with E-state index in [2.05, 4.69) is 5.32 Å². The third-order valence-corrected chi connectivity index (χ3v) is 5.15. The van der Waals surface area contributed by atoms with E-state index in [1.807, 2.05) is 24.3 Å². The van der Waals surface area contributed by atoms with Gasteiger partial charge >= 0.3 is 5.97 Å². The smallest absolute Gasteiger partial charge is 0.308 e. The summed E-state index contributed by atoms with van der Waals surface area (Å²) in [5.41, 5.74) is 1.52. The summed E-state index contributed by atoms with van der Waals surface area (Å²) in [6.45, 7) is 2.47. The van der Waals surface area contributed by atoms with Crippen molar-refractivity contribution in [2.45, 2.75) is 13.5 Å². The molecule has 0 bridgehead atoms. The van der Waals surface area contributed by atoms with Crippen LogP contribution in [0.1, 0.15) is 12.5 Å². The predicted molar refractivity (Wildman–Crippen MR) is 118 cm³/mol.